The Kier molecular flexibility index (Phi) is 10.0. The summed E-state index contributed by atoms with van der Waals surface area (Å²) in [5.74, 6) is -5.90. The molecule has 1 unspecified atom stereocenters. The smallest absolute Gasteiger partial charge is 0.407 e. The van der Waals surface area contributed by atoms with Crippen molar-refractivity contribution in [2.24, 2.45) is 11.8 Å². The maximum absolute atomic E-state index is 14.4. The molecule has 14 heteroatoms. The molecule has 2 heterocycles. The zero-order valence-corrected chi connectivity index (χ0v) is 24.2. The number of methoxy groups -OCH3 is 1. The monoisotopic (exact) mass is 616 g/mol. The summed E-state index contributed by atoms with van der Waals surface area (Å²) in [5, 5.41) is 13.8. The standard InChI is InChI=1S/C28H35F3N2O8S/c1-17(2)13-33(42(36,37)19-9-10-23(38-3)20(29)12-19)14-22(34)21(11-18-7-5-4-6-8-18)32-27(35)41-24-15-39-26-25(24)28(30,31)16-40-26/h4-10,12,17,21-22,24-26,34H,11,13-16H2,1-3H3,(H,32,35)/t21-,22+,24?,25-,26-/m0/s1. The molecule has 5 atom stereocenters. The highest BCUT2D eigenvalue weighted by molar-refractivity contribution is 7.89. The molecule has 2 saturated heterocycles. The number of carbonyl (C=O) groups is 1. The fourth-order valence-electron chi connectivity index (χ4n) is 5.04. The van der Waals surface area contributed by atoms with E-state index in [-0.39, 0.29) is 36.1 Å². The summed E-state index contributed by atoms with van der Waals surface area (Å²) in [6.45, 7) is 1.93. The molecule has 0 aromatic heterocycles. The van der Waals surface area contributed by atoms with E-state index in [1.807, 2.05) is 0 Å². The van der Waals surface area contributed by atoms with Crippen LogP contribution < -0.4 is 10.1 Å². The Balaban J connectivity index is 1.54. The van der Waals surface area contributed by atoms with Gasteiger partial charge in [0, 0.05) is 13.1 Å². The van der Waals surface area contributed by atoms with Gasteiger partial charge in [0.2, 0.25) is 10.0 Å². The topological polar surface area (TPSA) is 124 Å². The van der Waals surface area contributed by atoms with Crippen molar-refractivity contribution in [3.8, 4) is 5.75 Å². The van der Waals surface area contributed by atoms with Crippen LogP contribution in [0.2, 0.25) is 0 Å². The molecule has 1 amide bonds. The summed E-state index contributed by atoms with van der Waals surface area (Å²) in [7, 11) is -3.04. The lowest BCUT2D eigenvalue weighted by Crippen LogP contribution is -2.52. The number of benzene rings is 2. The Bertz CT molecular complexity index is 1330. The minimum atomic E-state index is -4.29. The Hall–Kier alpha value is -2.91. The largest absolute Gasteiger partial charge is 0.494 e. The van der Waals surface area contributed by atoms with Crippen LogP contribution in [-0.2, 0) is 30.7 Å². The van der Waals surface area contributed by atoms with Crippen molar-refractivity contribution in [3.63, 3.8) is 0 Å². The number of nitrogens with one attached hydrogen (secondary N) is 1. The van der Waals surface area contributed by atoms with Crippen LogP contribution in [0.5, 0.6) is 5.75 Å². The van der Waals surface area contributed by atoms with E-state index < -0.39 is 71.5 Å². The number of hydrogen-bond donors (Lipinski definition) is 2. The van der Waals surface area contributed by atoms with E-state index in [0.29, 0.717) is 5.56 Å². The van der Waals surface area contributed by atoms with Crippen LogP contribution in [-0.4, -0.2) is 87.8 Å². The molecule has 0 aliphatic carbocycles. The van der Waals surface area contributed by atoms with E-state index in [1.165, 1.54) is 19.2 Å². The van der Waals surface area contributed by atoms with Gasteiger partial charge in [-0.15, -0.1) is 0 Å². The fraction of sp³-hybridized carbons (Fsp3) is 0.536. The molecule has 4 rings (SSSR count). The highest BCUT2D eigenvalue weighted by Crippen LogP contribution is 2.43. The second-order valence-electron chi connectivity index (χ2n) is 10.8. The molecule has 0 bridgehead atoms. The lowest BCUT2D eigenvalue weighted by Gasteiger charge is -2.31. The van der Waals surface area contributed by atoms with Crippen molar-refractivity contribution in [3.05, 3.63) is 59.9 Å². The number of fused-ring (bicyclic) bond motifs is 1. The summed E-state index contributed by atoms with van der Waals surface area (Å²) in [6, 6.07) is 10.9. The predicted octanol–water partition coefficient (Wildman–Crippen LogP) is 3.19. The lowest BCUT2D eigenvalue weighted by molar-refractivity contribution is -0.0953. The van der Waals surface area contributed by atoms with Crippen LogP contribution >= 0.6 is 0 Å². The number of aliphatic hydroxyl groups is 1. The van der Waals surface area contributed by atoms with Crippen molar-refractivity contribution in [1.82, 2.24) is 9.62 Å². The van der Waals surface area contributed by atoms with Crippen LogP contribution in [0.4, 0.5) is 18.0 Å². The van der Waals surface area contributed by atoms with E-state index in [1.54, 1.807) is 44.2 Å². The van der Waals surface area contributed by atoms with Crippen molar-refractivity contribution in [2.45, 2.75) is 55.6 Å². The second kappa shape index (κ2) is 13.2. The summed E-state index contributed by atoms with van der Waals surface area (Å²) in [5.41, 5.74) is 0.706. The minimum absolute atomic E-state index is 0.0207. The number of carbonyl (C=O) groups excluding carboxylic acids is 1. The average molecular weight is 617 g/mol. The van der Waals surface area contributed by atoms with E-state index in [9.17, 15) is 31.5 Å². The van der Waals surface area contributed by atoms with Crippen molar-refractivity contribution >= 4 is 16.1 Å². The van der Waals surface area contributed by atoms with Crippen LogP contribution in [0.15, 0.2) is 53.4 Å². The van der Waals surface area contributed by atoms with Gasteiger partial charge < -0.3 is 29.4 Å². The van der Waals surface area contributed by atoms with Crippen molar-refractivity contribution < 1.29 is 50.4 Å². The van der Waals surface area contributed by atoms with Gasteiger partial charge in [-0.3, -0.25) is 0 Å². The van der Waals surface area contributed by atoms with E-state index in [2.05, 4.69) is 5.32 Å². The van der Waals surface area contributed by atoms with Gasteiger partial charge in [-0.05, 0) is 36.1 Å². The third-order valence-corrected chi connectivity index (χ3v) is 8.92. The van der Waals surface area contributed by atoms with Crippen LogP contribution in [0.25, 0.3) is 0 Å². The van der Waals surface area contributed by atoms with Crippen molar-refractivity contribution in [1.29, 1.82) is 0 Å². The zero-order chi connectivity index (χ0) is 30.7. The maximum Gasteiger partial charge on any atom is 0.407 e. The molecular weight excluding hydrogens is 581 g/mol. The molecule has 232 valence electrons. The molecule has 2 N–H and O–H groups in total. The van der Waals surface area contributed by atoms with Crippen LogP contribution in [0.3, 0.4) is 0 Å². The molecule has 2 aromatic carbocycles. The van der Waals surface area contributed by atoms with Gasteiger partial charge in [-0.2, -0.15) is 4.31 Å². The predicted molar refractivity (Wildman–Crippen MR) is 144 cm³/mol. The lowest BCUT2D eigenvalue weighted by atomic mass is 9.99. The Morgan fingerprint density at radius 1 is 1.17 bits per heavy atom. The number of halogens is 3. The van der Waals surface area contributed by atoms with E-state index in [4.69, 9.17) is 18.9 Å². The molecule has 0 saturated carbocycles. The molecule has 2 aliphatic heterocycles. The number of sulfonamides is 1. The quantitative estimate of drug-likeness (QED) is 0.373. The summed E-state index contributed by atoms with van der Waals surface area (Å²) in [4.78, 5) is 12.6. The molecule has 2 aliphatic rings. The number of ether oxygens (including phenoxy) is 4. The summed E-state index contributed by atoms with van der Waals surface area (Å²) < 4.78 is 91.4. The van der Waals surface area contributed by atoms with Gasteiger partial charge >= 0.3 is 6.09 Å². The Labute approximate surface area is 242 Å². The highest BCUT2D eigenvalue weighted by atomic mass is 32.2. The minimum Gasteiger partial charge on any atom is -0.494 e. The molecule has 42 heavy (non-hydrogen) atoms. The van der Waals surface area contributed by atoms with Crippen LogP contribution in [0, 0.1) is 17.7 Å². The number of rotatable bonds is 12. The first kappa shape index (κ1) is 32.0. The van der Waals surface area contributed by atoms with Gasteiger partial charge in [-0.1, -0.05) is 44.2 Å². The first-order valence-electron chi connectivity index (χ1n) is 13.5. The number of aliphatic hydroxyl groups excluding tert-OH is 1. The maximum atomic E-state index is 14.4. The first-order valence-corrected chi connectivity index (χ1v) is 14.9. The molecule has 10 nitrogen and oxygen atoms in total. The summed E-state index contributed by atoms with van der Waals surface area (Å²) in [6.07, 6.45) is -4.97. The fourth-order valence-corrected chi connectivity index (χ4v) is 6.67. The normalized spacial score (nSPS) is 23.0. The average Bonchev–Trinajstić information content (AvgIpc) is 3.48. The number of amides is 1. The van der Waals surface area contributed by atoms with Gasteiger partial charge in [0.1, 0.15) is 18.6 Å². The third-order valence-electron chi connectivity index (χ3n) is 7.09. The number of nitrogens with zero attached hydrogens (tertiary/aromatic N) is 1. The van der Waals surface area contributed by atoms with Gasteiger partial charge in [0.15, 0.2) is 17.9 Å². The molecule has 2 fully saturated rings. The number of alkyl carbamates (subject to hydrolysis) is 1. The van der Waals surface area contributed by atoms with Crippen LogP contribution in [0.1, 0.15) is 19.4 Å². The Morgan fingerprint density at radius 3 is 2.52 bits per heavy atom. The van der Waals surface area contributed by atoms with E-state index >= 15 is 0 Å². The molecule has 0 spiro atoms. The summed E-state index contributed by atoms with van der Waals surface area (Å²) >= 11 is 0. The molecule has 2 aromatic rings. The highest BCUT2D eigenvalue weighted by Gasteiger charge is 2.60. The van der Waals surface area contributed by atoms with Gasteiger partial charge in [-0.25, -0.2) is 26.4 Å². The third kappa shape index (κ3) is 7.35. The molecule has 0 radical (unpaired) electrons. The zero-order valence-electron chi connectivity index (χ0n) is 23.4. The van der Waals surface area contributed by atoms with Crippen molar-refractivity contribution in [2.75, 3.05) is 33.4 Å². The van der Waals surface area contributed by atoms with E-state index in [0.717, 1.165) is 10.4 Å². The van der Waals surface area contributed by atoms with Gasteiger partial charge in [0.25, 0.3) is 5.92 Å². The number of hydrogen-bond acceptors (Lipinski definition) is 8. The second-order valence-corrected chi connectivity index (χ2v) is 12.7. The SMILES string of the molecule is COc1ccc(S(=O)(=O)N(CC(C)C)C[C@@H](O)[C@H](Cc2ccccc2)NC(=O)OC2CO[C@H]3OCC(F)(F)[C@@H]23)cc1F. The van der Waals surface area contributed by atoms with Gasteiger partial charge in [0.05, 0.1) is 30.8 Å². The molecular formula is C28H35F3N2O8S. The number of alkyl halides is 2. The Morgan fingerprint density at radius 2 is 1.88 bits per heavy atom. The first-order chi connectivity index (χ1) is 19.8.